The molecule has 2 saturated heterocycles. The lowest BCUT2D eigenvalue weighted by molar-refractivity contribution is 0.0961. The molecule has 0 bridgehead atoms. The zero-order chi connectivity index (χ0) is 20.8. The molecule has 0 radical (unpaired) electrons. The summed E-state index contributed by atoms with van der Waals surface area (Å²) < 4.78 is 6.44. The number of hydrogen-bond acceptors (Lipinski definition) is 3. The highest BCUT2D eigenvalue weighted by molar-refractivity contribution is 5.71. The number of fused-ring (bicyclic) bond motifs is 2. The van der Waals surface area contributed by atoms with Crippen LogP contribution in [0.1, 0.15) is 49.8 Å². The number of ether oxygens (including phenoxy) is 1. The van der Waals surface area contributed by atoms with Gasteiger partial charge in [-0.3, -0.25) is 4.90 Å². The third-order valence-electron chi connectivity index (χ3n) is 7.10. The minimum atomic E-state index is -0.190. The number of hydrogen-bond donors (Lipinski definition) is 1. The molecule has 30 heavy (non-hydrogen) atoms. The molecule has 3 aliphatic rings. The van der Waals surface area contributed by atoms with Crippen molar-refractivity contribution in [2.45, 2.75) is 45.3 Å². The second-order valence-electron chi connectivity index (χ2n) is 10.4. The first-order valence-electron chi connectivity index (χ1n) is 11.4. The highest BCUT2D eigenvalue weighted by atomic mass is 16.5. The largest absolute Gasteiger partial charge is 0.488 e. The van der Waals surface area contributed by atoms with Gasteiger partial charge < -0.3 is 10.1 Å². The fraction of sp³-hybridized carbons (Fsp3) is 0.481. The Labute approximate surface area is 181 Å². The Morgan fingerprint density at radius 2 is 1.83 bits per heavy atom. The standard InChI is InChI=1S/C27H34N2O/c1-26(2,3)30-25-15-24(22-11-7-8-12-23(22)25)27-18-28-14-13-21(27)17-29(19-27)16-20-9-5-4-6-10-20/h4-12,15,21,24,28H,13-14,16-19H2,1-3H3. The fourth-order valence-electron chi connectivity index (χ4n) is 5.92. The lowest BCUT2D eigenvalue weighted by Gasteiger charge is -2.43. The molecule has 2 aromatic rings. The molecule has 1 aliphatic carbocycles. The van der Waals surface area contributed by atoms with Crippen LogP contribution in [-0.4, -0.2) is 36.7 Å². The molecule has 5 rings (SSSR count). The van der Waals surface area contributed by atoms with Crippen molar-refractivity contribution in [3.63, 3.8) is 0 Å². The lowest BCUT2D eigenvalue weighted by Crippen LogP contribution is -2.49. The first kappa shape index (κ1) is 19.8. The van der Waals surface area contributed by atoms with Gasteiger partial charge in [0.15, 0.2) is 0 Å². The van der Waals surface area contributed by atoms with Crippen LogP contribution in [0.15, 0.2) is 60.7 Å². The van der Waals surface area contributed by atoms with Gasteiger partial charge >= 0.3 is 0 Å². The van der Waals surface area contributed by atoms with Crippen molar-refractivity contribution in [2.24, 2.45) is 11.3 Å². The molecule has 3 atom stereocenters. The van der Waals surface area contributed by atoms with E-state index in [4.69, 9.17) is 4.74 Å². The van der Waals surface area contributed by atoms with Gasteiger partial charge in [0.2, 0.25) is 0 Å². The quantitative estimate of drug-likeness (QED) is 0.774. The number of nitrogens with zero attached hydrogens (tertiary/aromatic N) is 1. The van der Waals surface area contributed by atoms with Crippen LogP contribution >= 0.6 is 0 Å². The van der Waals surface area contributed by atoms with Crippen molar-refractivity contribution in [1.82, 2.24) is 10.2 Å². The smallest absolute Gasteiger partial charge is 0.124 e. The Morgan fingerprint density at radius 1 is 1.07 bits per heavy atom. The van der Waals surface area contributed by atoms with Crippen LogP contribution in [0.5, 0.6) is 0 Å². The summed E-state index contributed by atoms with van der Waals surface area (Å²) in [5.41, 5.74) is 4.19. The third kappa shape index (κ3) is 3.59. The number of nitrogens with one attached hydrogen (secondary N) is 1. The van der Waals surface area contributed by atoms with Crippen LogP contribution in [-0.2, 0) is 11.3 Å². The van der Waals surface area contributed by atoms with Gasteiger partial charge in [0.25, 0.3) is 0 Å². The van der Waals surface area contributed by atoms with Gasteiger partial charge in [-0.05, 0) is 56.9 Å². The average molecular weight is 403 g/mol. The van der Waals surface area contributed by atoms with Gasteiger partial charge in [-0.1, -0.05) is 54.6 Å². The van der Waals surface area contributed by atoms with Crippen LogP contribution in [0.25, 0.3) is 5.76 Å². The first-order valence-corrected chi connectivity index (χ1v) is 11.4. The van der Waals surface area contributed by atoms with E-state index in [0.717, 1.165) is 31.9 Å². The molecule has 158 valence electrons. The summed E-state index contributed by atoms with van der Waals surface area (Å²) in [5, 5.41) is 3.76. The van der Waals surface area contributed by atoms with Crippen molar-refractivity contribution in [1.29, 1.82) is 0 Å². The fourth-order valence-corrected chi connectivity index (χ4v) is 5.92. The van der Waals surface area contributed by atoms with E-state index < -0.39 is 0 Å². The van der Waals surface area contributed by atoms with E-state index >= 15 is 0 Å². The van der Waals surface area contributed by atoms with Crippen molar-refractivity contribution in [3.8, 4) is 0 Å². The summed E-state index contributed by atoms with van der Waals surface area (Å²) >= 11 is 0. The van der Waals surface area contributed by atoms with E-state index in [2.05, 4.69) is 91.7 Å². The molecule has 3 nitrogen and oxygen atoms in total. The zero-order valence-corrected chi connectivity index (χ0v) is 18.5. The number of benzene rings is 2. The van der Waals surface area contributed by atoms with E-state index in [-0.39, 0.29) is 11.0 Å². The van der Waals surface area contributed by atoms with Crippen molar-refractivity contribution in [2.75, 3.05) is 26.2 Å². The van der Waals surface area contributed by atoms with Gasteiger partial charge in [0, 0.05) is 43.1 Å². The zero-order valence-electron chi connectivity index (χ0n) is 18.5. The maximum absolute atomic E-state index is 6.44. The van der Waals surface area contributed by atoms with E-state index in [0.29, 0.717) is 11.8 Å². The molecule has 3 unspecified atom stereocenters. The molecular weight excluding hydrogens is 368 g/mol. The Hall–Kier alpha value is -2.10. The highest BCUT2D eigenvalue weighted by Crippen LogP contribution is 2.55. The third-order valence-corrected chi connectivity index (χ3v) is 7.10. The van der Waals surface area contributed by atoms with Crippen molar-refractivity contribution >= 4 is 5.76 Å². The molecule has 2 aliphatic heterocycles. The predicted octanol–water partition coefficient (Wildman–Crippen LogP) is 5.05. The lowest BCUT2D eigenvalue weighted by atomic mass is 9.64. The summed E-state index contributed by atoms with van der Waals surface area (Å²) in [5.74, 6) is 2.19. The summed E-state index contributed by atoms with van der Waals surface area (Å²) in [6.07, 6.45) is 3.70. The number of rotatable bonds is 4. The van der Waals surface area contributed by atoms with Crippen LogP contribution in [0, 0.1) is 11.3 Å². The molecule has 2 aromatic carbocycles. The van der Waals surface area contributed by atoms with Crippen molar-refractivity contribution in [3.05, 3.63) is 77.4 Å². The topological polar surface area (TPSA) is 24.5 Å². The Bertz CT molecular complexity index is 929. The minimum Gasteiger partial charge on any atom is -0.488 e. The van der Waals surface area contributed by atoms with Crippen LogP contribution in [0.2, 0.25) is 0 Å². The van der Waals surface area contributed by atoms with Crippen molar-refractivity contribution < 1.29 is 4.74 Å². The SMILES string of the molecule is CC(C)(C)OC1=CC(C23CNCCC2CN(Cc2ccccc2)C3)c2ccccc21. The second kappa shape index (κ2) is 7.55. The number of piperidine rings is 1. The van der Waals surface area contributed by atoms with Gasteiger partial charge in [0.1, 0.15) is 11.4 Å². The Morgan fingerprint density at radius 3 is 2.63 bits per heavy atom. The van der Waals surface area contributed by atoms with Crippen LogP contribution < -0.4 is 5.32 Å². The van der Waals surface area contributed by atoms with E-state index in [1.54, 1.807) is 0 Å². The van der Waals surface area contributed by atoms with E-state index in [1.807, 2.05) is 0 Å². The molecule has 2 fully saturated rings. The Kier molecular flexibility index (Phi) is 4.99. The molecule has 0 aromatic heterocycles. The average Bonchev–Trinajstić information content (AvgIpc) is 3.27. The van der Waals surface area contributed by atoms with Gasteiger partial charge in [0.05, 0.1) is 0 Å². The molecule has 0 saturated carbocycles. The maximum atomic E-state index is 6.44. The summed E-state index contributed by atoms with van der Waals surface area (Å²) in [7, 11) is 0. The number of likely N-dealkylation sites (tertiary alicyclic amines) is 1. The molecule has 0 amide bonds. The van der Waals surface area contributed by atoms with E-state index in [9.17, 15) is 0 Å². The second-order valence-corrected chi connectivity index (χ2v) is 10.4. The minimum absolute atomic E-state index is 0.190. The van der Waals surface area contributed by atoms with E-state index in [1.165, 1.54) is 29.7 Å². The first-order chi connectivity index (χ1) is 14.4. The van der Waals surface area contributed by atoms with Gasteiger partial charge in [-0.15, -0.1) is 0 Å². The molecular formula is C27H34N2O. The monoisotopic (exact) mass is 402 g/mol. The van der Waals surface area contributed by atoms with Gasteiger partial charge in [-0.25, -0.2) is 0 Å². The predicted molar refractivity (Wildman–Crippen MR) is 123 cm³/mol. The highest BCUT2D eigenvalue weighted by Gasteiger charge is 2.54. The normalized spacial score (nSPS) is 28.7. The Balaban J connectivity index is 1.49. The number of allylic oxidation sites excluding steroid dienone is 1. The summed E-state index contributed by atoms with van der Waals surface area (Å²) in [6, 6.07) is 19.8. The molecule has 1 N–H and O–H groups in total. The van der Waals surface area contributed by atoms with Crippen LogP contribution in [0.4, 0.5) is 0 Å². The summed E-state index contributed by atoms with van der Waals surface area (Å²) in [6.45, 7) is 12.0. The molecule has 3 heteroatoms. The van der Waals surface area contributed by atoms with Gasteiger partial charge in [-0.2, -0.15) is 0 Å². The summed E-state index contributed by atoms with van der Waals surface area (Å²) in [4.78, 5) is 2.69. The van der Waals surface area contributed by atoms with Crippen LogP contribution in [0.3, 0.4) is 0 Å². The molecule has 2 heterocycles. The molecule has 0 spiro atoms. The maximum Gasteiger partial charge on any atom is 0.124 e.